The number of nitrogens with zero attached hydrogens (tertiary/aromatic N) is 1. The van der Waals surface area contributed by atoms with E-state index in [-0.39, 0.29) is 0 Å². The van der Waals surface area contributed by atoms with Crippen LogP contribution in [0.3, 0.4) is 0 Å². The minimum Gasteiger partial charge on any atom is -0.276 e. The monoisotopic (exact) mass is 372 g/mol. The molecular formula is C14H14BrClN2O3. The maximum Gasteiger partial charge on any atom is 0.335 e. The summed E-state index contributed by atoms with van der Waals surface area (Å²) in [7, 11) is 0. The molecular weight excluding hydrogens is 360 g/mol. The quantitative estimate of drug-likeness (QED) is 0.825. The lowest BCUT2D eigenvalue weighted by Crippen LogP contribution is -2.63. The van der Waals surface area contributed by atoms with Gasteiger partial charge < -0.3 is 0 Å². The summed E-state index contributed by atoms with van der Waals surface area (Å²) in [4.78, 5) is 37.8. The highest BCUT2D eigenvalue weighted by Gasteiger charge is 2.51. The van der Waals surface area contributed by atoms with Crippen LogP contribution in [-0.4, -0.2) is 17.8 Å². The summed E-state index contributed by atoms with van der Waals surface area (Å²) < 4.78 is 0.658. The van der Waals surface area contributed by atoms with Crippen LogP contribution < -0.4 is 10.2 Å². The van der Waals surface area contributed by atoms with E-state index in [0.717, 1.165) is 4.90 Å². The van der Waals surface area contributed by atoms with Gasteiger partial charge in [0.2, 0.25) is 5.91 Å². The van der Waals surface area contributed by atoms with Crippen LogP contribution in [0.15, 0.2) is 22.7 Å². The molecule has 0 spiro atoms. The Kier molecular flexibility index (Phi) is 4.39. The lowest BCUT2D eigenvalue weighted by Gasteiger charge is -2.38. The molecule has 0 unspecified atom stereocenters. The number of barbiturate groups is 1. The average molecular weight is 374 g/mol. The fraction of sp³-hybridized carbons (Fsp3) is 0.357. The number of anilines is 1. The summed E-state index contributed by atoms with van der Waals surface area (Å²) >= 11 is 9.27. The normalized spacial score (nSPS) is 17.9. The number of benzene rings is 1. The minimum atomic E-state index is -1.21. The molecule has 1 aromatic rings. The van der Waals surface area contributed by atoms with E-state index in [1.54, 1.807) is 26.0 Å². The summed E-state index contributed by atoms with van der Waals surface area (Å²) in [6.45, 7) is 3.51. The predicted molar refractivity (Wildman–Crippen MR) is 83.2 cm³/mol. The maximum absolute atomic E-state index is 12.7. The zero-order chi connectivity index (χ0) is 15.8. The average Bonchev–Trinajstić information content (AvgIpc) is 2.44. The molecule has 7 heteroatoms. The van der Waals surface area contributed by atoms with Crippen LogP contribution in [0.25, 0.3) is 0 Å². The molecule has 1 N–H and O–H groups in total. The van der Waals surface area contributed by atoms with E-state index in [9.17, 15) is 14.4 Å². The van der Waals surface area contributed by atoms with E-state index in [4.69, 9.17) is 11.6 Å². The number of hydrogen-bond acceptors (Lipinski definition) is 3. The zero-order valence-corrected chi connectivity index (χ0v) is 13.9. The van der Waals surface area contributed by atoms with E-state index < -0.39 is 23.3 Å². The molecule has 0 aromatic heterocycles. The highest BCUT2D eigenvalue weighted by Crippen LogP contribution is 2.36. The number of imide groups is 2. The van der Waals surface area contributed by atoms with Crippen LogP contribution in [0.1, 0.15) is 26.7 Å². The van der Waals surface area contributed by atoms with E-state index in [0.29, 0.717) is 28.0 Å². The Morgan fingerprint density at radius 1 is 1.24 bits per heavy atom. The van der Waals surface area contributed by atoms with Gasteiger partial charge in [-0.1, -0.05) is 25.4 Å². The largest absolute Gasteiger partial charge is 0.335 e. The van der Waals surface area contributed by atoms with Crippen LogP contribution in [0.4, 0.5) is 10.5 Å². The summed E-state index contributed by atoms with van der Waals surface area (Å²) in [5, 5.41) is 2.64. The van der Waals surface area contributed by atoms with Crippen molar-refractivity contribution in [2.45, 2.75) is 26.7 Å². The van der Waals surface area contributed by atoms with Gasteiger partial charge >= 0.3 is 6.03 Å². The Morgan fingerprint density at radius 3 is 2.38 bits per heavy atom. The molecule has 0 radical (unpaired) electrons. The van der Waals surface area contributed by atoms with Gasteiger partial charge in [-0.2, -0.15) is 0 Å². The first-order valence-corrected chi connectivity index (χ1v) is 7.69. The Labute approximate surface area is 135 Å². The first kappa shape index (κ1) is 16.0. The molecule has 1 fully saturated rings. The number of halogens is 2. The van der Waals surface area contributed by atoms with Crippen molar-refractivity contribution in [3.63, 3.8) is 0 Å². The van der Waals surface area contributed by atoms with Gasteiger partial charge in [-0.3, -0.25) is 14.9 Å². The molecule has 1 heterocycles. The fourth-order valence-corrected chi connectivity index (χ4v) is 2.83. The molecule has 1 aliphatic heterocycles. The zero-order valence-electron chi connectivity index (χ0n) is 11.6. The summed E-state index contributed by atoms with van der Waals surface area (Å²) in [6.07, 6.45) is 0.643. The number of urea groups is 1. The van der Waals surface area contributed by atoms with Crippen molar-refractivity contribution in [3.8, 4) is 0 Å². The molecule has 1 saturated heterocycles. The van der Waals surface area contributed by atoms with Crippen LogP contribution in [0, 0.1) is 5.41 Å². The van der Waals surface area contributed by atoms with Crippen molar-refractivity contribution in [3.05, 3.63) is 27.7 Å². The smallest absolute Gasteiger partial charge is 0.276 e. The Balaban J connectivity index is 2.51. The number of hydrogen-bond donors (Lipinski definition) is 1. The van der Waals surface area contributed by atoms with Crippen LogP contribution in [0.2, 0.25) is 5.02 Å². The Hall–Kier alpha value is -1.40. The molecule has 0 aliphatic carbocycles. The van der Waals surface area contributed by atoms with Crippen molar-refractivity contribution in [2.24, 2.45) is 5.41 Å². The molecule has 0 atom stereocenters. The third-order valence-electron chi connectivity index (χ3n) is 3.84. The highest BCUT2D eigenvalue weighted by molar-refractivity contribution is 9.10. The minimum absolute atomic E-state index is 0.322. The van der Waals surface area contributed by atoms with Crippen LogP contribution in [-0.2, 0) is 9.59 Å². The van der Waals surface area contributed by atoms with Crippen molar-refractivity contribution < 1.29 is 14.4 Å². The van der Waals surface area contributed by atoms with Gasteiger partial charge in [0.1, 0.15) is 5.41 Å². The first-order chi connectivity index (χ1) is 9.87. The second kappa shape index (κ2) is 5.77. The lowest BCUT2D eigenvalue weighted by atomic mass is 9.78. The van der Waals surface area contributed by atoms with Gasteiger partial charge in [0.05, 0.1) is 10.7 Å². The predicted octanol–water partition coefficient (Wildman–Crippen LogP) is 3.49. The summed E-state index contributed by atoms with van der Waals surface area (Å²) in [5.74, 6) is -1.05. The Morgan fingerprint density at radius 2 is 1.86 bits per heavy atom. The van der Waals surface area contributed by atoms with Crippen LogP contribution >= 0.6 is 27.5 Å². The van der Waals surface area contributed by atoms with E-state index >= 15 is 0 Å². The van der Waals surface area contributed by atoms with Crippen molar-refractivity contribution in [1.29, 1.82) is 0 Å². The highest BCUT2D eigenvalue weighted by atomic mass is 79.9. The summed E-state index contributed by atoms with van der Waals surface area (Å²) in [5.41, 5.74) is -0.877. The van der Waals surface area contributed by atoms with Gasteiger partial charge in [0.15, 0.2) is 0 Å². The number of nitrogens with one attached hydrogen (secondary N) is 1. The van der Waals surface area contributed by atoms with Crippen molar-refractivity contribution in [1.82, 2.24) is 5.32 Å². The molecule has 0 bridgehead atoms. The Bertz CT molecular complexity index is 629. The topological polar surface area (TPSA) is 66.5 Å². The number of rotatable bonds is 3. The molecule has 112 valence electrons. The molecule has 2 rings (SSSR count). The van der Waals surface area contributed by atoms with Crippen molar-refractivity contribution >= 4 is 51.1 Å². The molecule has 5 nitrogen and oxygen atoms in total. The van der Waals surface area contributed by atoms with Crippen LogP contribution in [0.5, 0.6) is 0 Å². The van der Waals surface area contributed by atoms with E-state index in [1.807, 2.05) is 0 Å². The standard InChI is InChI=1S/C14H14BrClN2O3/c1-3-14(4-2)11(19)17-13(21)18(12(14)20)8-5-6-9(15)10(16)7-8/h5-7H,3-4H2,1-2H3,(H,17,19,21). The maximum atomic E-state index is 12.7. The van der Waals surface area contributed by atoms with E-state index in [2.05, 4.69) is 21.2 Å². The lowest BCUT2D eigenvalue weighted by molar-refractivity contribution is -0.143. The van der Waals surface area contributed by atoms with Gasteiger partial charge in [-0.15, -0.1) is 0 Å². The molecule has 1 aromatic carbocycles. The summed E-state index contributed by atoms with van der Waals surface area (Å²) in [6, 6.07) is 4.00. The first-order valence-electron chi connectivity index (χ1n) is 6.52. The van der Waals surface area contributed by atoms with Gasteiger partial charge in [0.25, 0.3) is 5.91 Å². The number of carbonyl (C=O) groups excluding carboxylic acids is 3. The molecule has 0 saturated carbocycles. The van der Waals surface area contributed by atoms with Crippen molar-refractivity contribution in [2.75, 3.05) is 4.90 Å². The van der Waals surface area contributed by atoms with E-state index in [1.165, 1.54) is 6.07 Å². The fourth-order valence-electron chi connectivity index (χ4n) is 2.41. The van der Waals surface area contributed by atoms with Gasteiger partial charge in [0, 0.05) is 4.47 Å². The third kappa shape index (κ3) is 2.46. The number of amides is 4. The number of carbonyl (C=O) groups is 3. The second-order valence-corrected chi connectivity index (χ2v) is 6.05. The molecule has 1 aliphatic rings. The molecule has 21 heavy (non-hydrogen) atoms. The van der Waals surface area contributed by atoms with Gasteiger partial charge in [-0.05, 0) is 47.0 Å². The second-order valence-electron chi connectivity index (χ2n) is 4.79. The third-order valence-corrected chi connectivity index (χ3v) is 5.07. The SMILES string of the molecule is CCC1(CC)C(=O)NC(=O)N(c2ccc(Br)c(Cl)c2)C1=O. The molecule has 4 amide bonds. The van der Waals surface area contributed by atoms with Gasteiger partial charge in [-0.25, -0.2) is 9.69 Å².